The molecule has 1 heterocycles. The molecule has 0 radical (unpaired) electrons. The van der Waals surface area contributed by atoms with Crippen molar-refractivity contribution >= 4 is 0 Å². The van der Waals surface area contributed by atoms with Crippen LogP contribution in [0.15, 0.2) is 0 Å². The molecule has 0 saturated carbocycles. The van der Waals surface area contributed by atoms with E-state index in [-0.39, 0.29) is 0 Å². The van der Waals surface area contributed by atoms with Crippen molar-refractivity contribution in [2.75, 3.05) is 39.9 Å². The van der Waals surface area contributed by atoms with Crippen molar-refractivity contribution in [3.63, 3.8) is 0 Å². The van der Waals surface area contributed by atoms with Crippen LogP contribution in [0.4, 0.5) is 0 Å². The summed E-state index contributed by atoms with van der Waals surface area (Å²) in [6, 6.07) is 0.758. The largest absolute Gasteiger partial charge is 0.383 e. The van der Waals surface area contributed by atoms with Gasteiger partial charge in [0.2, 0.25) is 0 Å². The van der Waals surface area contributed by atoms with E-state index in [0.29, 0.717) is 0 Å². The van der Waals surface area contributed by atoms with Gasteiger partial charge in [0.1, 0.15) is 0 Å². The van der Waals surface area contributed by atoms with Crippen molar-refractivity contribution in [2.24, 2.45) is 0 Å². The number of piperidine rings is 1. The molecule has 1 aliphatic heterocycles. The Morgan fingerprint density at radius 3 is 2.64 bits per heavy atom. The summed E-state index contributed by atoms with van der Waals surface area (Å²) in [5.41, 5.74) is 0. The Labute approximate surface area is 87.8 Å². The monoisotopic (exact) mass is 200 g/mol. The molecule has 0 aliphatic carbocycles. The summed E-state index contributed by atoms with van der Waals surface area (Å²) in [7, 11) is 1.77. The van der Waals surface area contributed by atoms with Crippen molar-refractivity contribution in [3.8, 4) is 0 Å². The summed E-state index contributed by atoms with van der Waals surface area (Å²) in [6.07, 6.45) is 3.83. The van der Waals surface area contributed by atoms with Crippen LogP contribution in [0.2, 0.25) is 0 Å². The van der Waals surface area contributed by atoms with E-state index in [1.807, 2.05) is 0 Å². The molecule has 1 rings (SSSR count). The highest BCUT2D eigenvalue weighted by Gasteiger charge is 2.17. The molecule has 0 unspecified atom stereocenters. The van der Waals surface area contributed by atoms with Crippen LogP contribution in [0.5, 0.6) is 0 Å². The fourth-order valence-corrected chi connectivity index (χ4v) is 1.93. The van der Waals surface area contributed by atoms with E-state index in [0.717, 1.165) is 19.2 Å². The van der Waals surface area contributed by atoms with Crippen LogP contribution >= 0.6 is 0 Å². The number of ether oxygens (including phenoxy) is 1. The topological polar surface area (TPSA) is 24.5 Å². The molecular formula is C11H24N2O. The fourth-order valence-electron chi connectivity index (χ4n) is 1.93. The van der Waals surface area contributed by atoms with E-state index in [1.165, 1.54) is 38.9 Å². The van der Waals surface area contributed by atoms with E-state index >= 15 is 0 Å². The van der Waals surface area contributed by atoms with E-state index in [4.69, 9.17) is 4.74 Å². The van der Waals surface area contributed by atoms with Gasteiger partial charge in [-0.15, -0.1) is 0 Å². The number of hydrogen-bond acceptors (Lipinski definition) is 3. The second-order valence-corrected chi connectivity index (χ2v) is 4.06. The summed E-state index contributed by atoms with van der Waals surface area (Å²) in [4.78, 5) is 2.49. The molecule has 0 spiro atoms. The molecule has 0 amide bonds. The second-order valence-electron chi connectivity index (χ2n) is 4.06. The number of nitrogens with one attached hydrogen (secondary N) is 1. The standard InChI is InChI=1S/C11H24N2O/c1-3-6-12-11-4-7-13(8-5-11)9-10-14-2/h11-12H,3-10H2,1-2H3. The first kappa shape index (κ1) is 12.0. The minimum absolute atomic E-state index is 0.758. The Hall–Kier alpha value is -0.120. The summed E-state index contributed by atoms with van der Waals surface area (Å²) in [6.45, 7) is 7.81. The first-order valence-corrected chi connectivity index (χ1v) is 5.81. The molecule has 1 aliphatic rings. The van der Waals surface area contributed by atoms with E-state index < -0.39 is 0 Å². The highest BCUT2D eigenvalue weighted by Crippen LogP contribution is 2.09. The van der Waals surface area contributed by atoms with Gasteiger partial charge in [0, 0.05) is 19.7 Å². The molecule has 1 fully saturated rings. The average Bonchev–Trinajstić information content (AvgIpc) is 2.25. The second kappa shape index (κ2) is 7.21. The molecule has 14 heavy (non-hydrogen) atoms. The Morgan fingerprint density at radius 1 is 1.36 bits per heavy atom. The van der Waals surface area contributed by atoms with Gasteiger partial charge in [-0.05, 0) is 38.9 Å². The molecule has 0 atom stereocenters. The zero-order valence-electron chi connectivity index (χ0n) is 9.59. The minimum Gasteiger partial charge on any atom is -0.383 e. The lowest BCUT2D eigenvalue weighted by molar-refractivity contribution is 0.126. The highest BCUT2D eigenvalue weighted by molar-refractivity contribution is 4.76. The van der Waals surface area contributed by atoms with Crippen molar-refractivity contribution in [1.82, 2.24) is 10.2 Å². The Kier molecular flexibility index (Phi) is 6.15. The fraction of sp³-hybridized carbons (Fsp3) is 1.00. The van der Waals surface area contributed by atoms with Crippen LogP contribution in [-0.2, 0) is 4.74 Å². The number of rotatable bonds is 6. The van der Waals surface area contributed by atoms with Crippen LogP contribution in [0.1, 0.15) is 26.2 Å². The van der Waals surface area contributed by atoms with Gasteiger partial charge in [-0.25, -0.2) is 0 Å². The Morgan fingerprint density at radius 2 is 2.07 bits per heavy atom. The third kappa shape index (κ3) is 4.40. The van der Waals surface area contributed by atoms with Crippen molar-refractivity contribution in [3.05, 3.63) is 0 Å². The lowest BCUT2D eigenvalue weighted by Crippen LogP contribution is -2.43. The van der Waals surface area contributed by atoms with Crippen molar-refractivity contribution in [2.45, 2.75) is 32.2 Å². The van der Waals surface area contributed by atoms with Gasteiger partial charge in [0.15, 0.2) is 0 Å². The first-order chi connectivity index (χ1) is 6.86. The molecule has 1 saturated heterocycles. The molecule has 3 heteroatoms. The third-order valence-electron chi connectivity index (χ3n) is 2.88. The number of likely N-dealkylation sites (tertiary alicyclic amines) is 1. The van der Waals surface area contributed by atoms with E-state index in [2.05, 4.69) is 17.1 Å². The lowest BCUT2D eigenvalue weighted by atomic mass is 10.1. The maximum absolute atomic E-state index is 5.08. The van der Waals surface area contributed by atoms with Gasteiger partial charge in [0.05, 0.1) is 6.61 Å². The SMILES string of the molecule is CCCNC1CCN(CCOC)CC1. The van der Waals surface area contributed by atoms with Crippen molar-refractivity contribution < 1.29 is 4.74 Å². The molecule has 3 nitrogen and oxygen atoms in total. The number of hydrogen-bond donors (Lipinski definition) is 1. The van der Waals surface area contributed by atoms with Crippen LogP contribution in [0.25, 0.3) is 0 Å². The molecule has 0 bridgehead atoms. The normalized spacial score (nSPS) is 20.1. The van der Waals surface area contributed by atoms with Crippen LogP contribution in [-0.4, -0.2) is 50.8 Å². The highest BCUT2D eigenvalue weighted by atomic mass is 16.5. The summed E-state index contributed by atoms with van der Waals surface area (Å²) in [5, 5.41) is 3.59. The number of nitrogens with zero attached hydrogens (tertiary/aromatic N) is 1. The van der Waals surface area contributed by atoms with Crippen LogP contribution < -0.4 is 5.32 Å². The maximum Gasteiger partial charge on any atom is 0.0589 e. The third-order valence-corrected chi connectivity index (χ3v) is 2.88. The van der Waals surface area contributed by atoms with Crippen LogP contribution in [0, 0.1) is 0 Å². The van der Waals surface area contributed by atoms with Gasteiger partial charge in [-0.3, -0.25) is 0 Å². The van der Waals surface area contributed by atoms with Gasteiger partial charge in [-0.2, -0.15) is 0 Å². The smallest absolute Gasteiger partial charge is 0.0589 e. The number of methoxy groups -OCH3 is 1. The minimum atomic E-state index is 0.758. The summed E-state index contributed by atoms with van der Waals surface area (Å²) in [5.74, 6) is 0. The Balaban J connectivity index is 2.05. The van der Waals surface area contributed by atoms with Crippen molar-refractivity contribution in [1.29, 1.82) is 0 Å². The zero-order valence-corrected chi connectivity index (χ0v) is 9.59. The lowest BCUT2D eigenvalue weighted by Gasteiger charge is -2.32. The van der Waals surface area contributed by atoms with Gasteiger partial charge in [0.25, 0.3) is 0 Å². The van der Waals surface area contributed by atoms with Crippen LogP contribution in [0.3, 0.4) is 0 Å². The zero-order chi connectivity index (χ0) is 10.2. The summed E-state index contributed by atoms with van der Waals surface area (Å²) >= 11 is 0. The molecule has 0 aromatic heterocycles. The predicted octanol–water partition coefficient (Wildman–Crippen LogP) is 1.10. The Bertz CT molecular complexity index is 117. The molecule has 0 aromatic carbocycles. The van der Waals surface area contributed by atoms with Gasteiger partial charge in [-0.1, -0.05) is 6.92 Å². The molecule has 84 valence electrons. The van der Waals surface area contributed by atoms with E-state index in [9.17, 15) is 0 Å². The molecular weight excluding hydrogens is 176 g/mol. The quantitative estimate of drug-likeness (QED) is 0.695. The maximum atomic E-state index is 5.08. The van der Waals surface area contributed by atoms with Gasteiger partial charge < -0.3 is 15.0 Å². The first-order valence-electron chi connectivity index (χ1n) is 5.81. The summed E-state index contributed by atoms with van der Waals surface area (Å²) < 4.78 is 5.08. The molecule has 0 aromatic rings. The van der Waals surface area contributed by atoms with E-state index in [1.54, 1.807) is 7.11 Å². The molecule has 1 N–H and O–H groups in total. The average molecular weight is 200 g/mol. The van der Waals surface area contributed by atoms with Gasteiger partial charge >= 0.3 is 0 Å². The predicted molar refractivity (Wildman–Crippen MR) is 59.6 cm³/mol.